The summed E-state index contributed by atoms with van der Waals surface area (Å²) in [6.45, 7) is -0.922. The number of hydrogen-bond acceptors (Lipinski definition) is 7. The quantitative estimate of drug-likeness (QED) is 0.705. The van der Waals surface area contributed by atoms with Crippen LogP contribution in [0.5, 0.6) is 0 Å². The van der Waals surface area contributed by atoms with E-state index in [0.717, 1.165) is 0 Å². The smallest absolute Gasteiger partial charge is 0.337 e. The average Bonchev–Trinajstić information content (AvgIpc) is 3.19. The first-order valence-electron chi connectivity index (χ1n) is 7.45. The number of benzene rings is 1. The van der Waals surface area contributed by atoms with Gasteiger partial charge in [-0.3, -0.25) is 14.4 Å². The highest BCUT2D eigenvalue weighted by molar-refractivity contribution is 5.95. The average molecular weight is 360 g/mol. The van der Waals surface area contributed by atoms with Crippen molar-refractivity contribution in [1.29, 1.82) is 0 Å². The predicted molar refractivity (Wildman–Crippen MR) is 88.4 cm³/mol. The minimum atomic E-state index is -0.777. The largest absolute Gasteiger partial charge is 0.465 e. The number of carbonyl (C=O) groups excluding carboxylic acids is 4. The van der Waals surface area contributed by atoms with E-state index >= 15 is 0 Å². The molecular weight excluding hydrogens is 344 g/mol. The standard InChI is InChI=1S/C17H16N2O7/c1-24-17(23)11-4-6-12(7-5-11)19-14(20)10-26-15(21)9-18-16(22)13-3-2-8-25-13/h2-8H,9-10H2,1H3,(H,18,22)(H,19,20). The molecule has 2 rings (SSSR count). The number of furan rings is 1. The summed E-state index contributed by atoms with van der Waals surface area (Å²) in [6, 6.07) is 8.97. The topological polar surface area (TPSA) is 124 Å². The number of methoxy groups -OCH3 is 1. The lowest BCUT2D eigenvalue weighted by atomic mass is 10.2. The van der Waals surface area contributed by atoms with Crippen LogP contribution in [0, 0.1) is 0 Å². The van der Waals surface area contributed by atoms with Crippen LogP contribution in [0.25, 0.3) is 0 Å². The lowest BCUT2D eigenvalue weighted by molar-refractivity contribution is -0.146. The molecular formula is C17H16N2O7. The van der Waals surface area contributed by atoms with Crippen LogP contribution in [0.1, 0.15) is 20.9 Å². The third-order valence-corrected chi connectivity index (χ3v) is 3.09. The van der Waals surface area contributed by atoms with Gasteiger partial charge in [-0.25, -0.2) is 4.79 Å². The fraction of sp³-hybridized carbons (Fsp3) is 0.176. The molecule has 0 unspecified atom stereocenters. The molecule has 0 saturated carbocycles. The van der Waals surface area contributed by atoms with Crippen LogP contribution < -0.4 is 10.6 Å². The highest BCUT2D eigenvalue weighted by Crippen LogP contribution is 2.10. The molecule has 1 heterocycles. The van der Waals surface area contributed by atoms with Crippen LogP contribution in [0.2, 0.25) is 0 Å². The summed E-state index contributed by atoms with van der Waals surface area (Å²) in [5, 5.41) is 4.80. The fourth-order valence-electron chi connectivity index (χ4n) is 1.85. The number of nitrogens with one attached hydrogen (secondary N) is 2. The molecule has 0 spiro atoms. The second-order valence-electron chi connectivity index (χ2n) is 4.94. The monoisotopic (exact) mass is 360 g/mol. The van der Waals surface area contributed by atoms with E-state index in [9.17, 15) is 19.2 Å². The van der Waals surface area contributed by atoms with Crippen LogP contribution in [0.4, 0.5) is 5.69 Å². The Morgan fingerprint density at radius 1 is 1.08 bits per heavy atom. The van der Waals surface area contributed by atoms with Gasteiger partial charge in [0.15, 0.2) is 12.4 Å². The van der Waals surface area contributed by atoms with E-state index in [2.05, 4.69) is 15.4 Å². The van der Waals surface area contributed by atoms with E-state index in [0.29, 0.717) is 11.3 Å². The Bertz CT molecular complexity index is 782. The van der Waals surface area contributed by atoms with E-state index < -0.39 is 36.9 Å². The van der Waals surface area contributed by atoms with E-state index in [4.69, 9.17) is 9.15 Å². The zero-order chi connectivity index (χ0) is 18.9. The van der Waals surface area contributed by atoms with Crippen molar-refractivity contribution in [2.75, 3.05) is 25.6 Å². The molecule has 0 fully saturated rings. The molecule has 2 N–H and O–H groups in total. The summed E-state index contributed by atoms with van der Waals surface area (Å²) in [5.74, 6) is -2.34. The first-order chi connectivity index (χ1) is 12.5. The van der Waals surface area contributed by atoms with E-state index in [-0.39, 0.29) is 5.76 Å². The van der Waals surface area contributed by atoms with Crippen LogP contribution >= 0.6 is 0 Å². The van der Waals surface area contributed by atoms with Gasteiger partial charge in [-0.15, -0.1) is 0 Å². The van der Waals surface area contributed by atoms with E-state index in [1.807, 2.05) is 0 Å². The highest BCUT2D eigenvalue weighted by atomic mass is 16.5. The van der Waals surface area contributed by atoms with Crippen molar-refractivity contribution in [3.8, 4) is 0 Å². The van der Waals surface area contributed by atoms with Gasteiger partial charge in [0, 0.05) is 5.69 Å². The number of ether oxygens (including phenoxy) is 2. The number of hydrogen-bond donors (Lipinski definition) is 2. The van der Waals surface area contributed by atoms with Crippen molar-refractivity contribution in [2.24, 2.45) is 0 Å². The van der Waals surface area contributed by atoms with Crippen LogP contribution in [0.3, 0.4) is 0 Å². The maximum Gasteiger partial charge on any atom is 0.337 e. The maximum atomic E-state index is 11.7. The molecule has 0 aliphatic carbocycles. The molecule has 0 atom stereocenters. The Hall–Kier alpha value is -3.62. The second kappa shape index (κ2) is 9.02. The molecule has 1 aromatic heterocycles. The zero-order valence-corrected chi connectivity index (χ0v) is 13.8. The molecule has 0 bridgehead atoms. The first-order valence-corrected chi connectivity index (χ1v) is 7.45. The summed E-state index contributed by atoms with van der Waals surface area (Å²) in [6.07, 6.45) is 1.33. The van der Waals surface area contributed by atoms with Crippen LogP contribution in [-0.4, -0.2) is 44.0 Å². The first kappa shape index (κ1) is 18.7. The van der Waals surface area contributed by atoms with E-state index in [1.165, 1.54) is 49.8 Å². The minimum Gasteiger partial charge on any atom is -0.465 e. The maximum absolute atomic E-state index is 11.7. The molecule has 0 saturated heterocycles. The van der Waals surface area contributed by atoms with Crippen molar-refractivity contribution in [3.63, 3.8) is 0 Å². The van der Waals surface area contributed by atoms with Gasteiger partial charge in [-0.05, 0) is 36.4 Å². The molecule has 9 heteroatoms. The summed E-state index contributed by atoms with van der Waals surface area (Å²) in [7, 11) is 1.27. The normalized spacial score (nSPS) is 9.88. The third kappa shape index (κ3) is 5.48. The number of esters is 2. The summed E-state index contributed by atoms with van der Waals surface area (Å²) < 4.78 is 14.2. The Morgan fingerprint density at radius 3 is 2.42 bits per heavy atom. The Labute approximate surface area is 148 Å². The molecule has 0 aliphatic heterocycles. The molecule has 1 aromatic carbocycles. The van der Waals surface area contributed by atoms with Crippen molar-refractivity contribution < 1.29 is 33.1 Å². The lowest BCUT2D eigenvalue weighted by Crippen LogP contribution is -2.32. The second-order valence-corrected chi connectivity index (χ2v) is 4.94. The minimum absolute atomic E-state index is 0.0611. The van der Waals surface area contributed by atoms with Crippen molar-refractivity contribution in [3.05, 3.63) is 54.0 Å². The number of carbonyl (C=O) groups is 4. The fourth-order valence-corrected chi connectivity index (χ4v) is 1.85. The number of amides is 2. The van der Waals surface area contributed by atoms with Gasteiger partial charge in [0.25, 0.3) is 11.8 Å². The summed E-state index contributed by atoms with van der Waals surface area (Å²) in [4.78, 5) is 46.1. The van der Waals surface area contributed by atoms with Gasteiger partial charge >= 0.3 is 11.9 Å². The van der Waals surface area contributed by atoms with Gasteiger partial charge in [0.1, 0.15) is 6.54 Å². The Morgan fingerprint density at radius 2 is 1.81 bits per heavy atom. The predicted octanol–water partition coefficient (Wildman–Crippen LogP) is 0.978. The SMILES string of the molecule is COC(=O)c1ccc(NC(=O)COC(=O)CNC(=O)c2ccco2)cc1. The van der Waals surface area contributed by atoms with Gasteiger partial charge in [-0.2, -0.15) is 0 Å². The van der Waals surface area contributed by atoms with Gasteiger partial charge in [0.05, 0.1) is 18.9 Å². The number of anilines is 1. The zero-order valence-electron chi connectivity index (χ0n) is 13.8. The molecule has 2 aromatic rings. The van der Waals surface area contributed by atoms with Crippen molar-refractivity contribution in [2.45, 2.75) is 0 Å². The summed E-state index contributed by atoms with van der Waals surface area (Å²) in [5.41, 5.74) is 0.758. The molecule has 0 aliphatic rings. The van der Waals surface area contributed by atoms with Gasteiger partial charge < -0.3 is 24.5 Å². The van der Waals surface area contributed by atoms with Gasteiger partial charge in [0.2, 0.25) is 0 Å². The molecule has 2 amide bonds. The van der Waals surface area contributed by atoms with Crippen molar-refractivity contribution in [1.82, 2.24) is 5.32 Å². The number of rotatable bonds is 7. The molecule has 136 valence electrons. The van der Waals surface area contributed by atoms with Crippen LogP contribution in [0.15, 0.2) is 47.1 Å². The molecule has 26 heavy (non-hydrogen) atoms. The highest BCUT2D eigenvalue weighted by Gasteiger charge is 2.12. The van der Waals surface area contributed by atoms with Gasteiger partial charge in [-0.1, -0.05) is 0 Å². The van der Waals surface area contributed by atoms with E-state index in [1.54, 1.807) is 0 Å². The molecule has 0 radical (unpaired) electrons. The third-order valence-electron chi connectivity index (χ3n) is 3.09. The van der Waals surface area contributed by atoms with Crippen molar-refractivity contribution >= 4 is 29.4 Å². The summed E-state index contributed by atoms with van der Waals surface area (Å²) >= 11 is 0. The Kier molecular flexibility index (Phi) is 6.49. The Balaban J connectivity index is 1.71. The van der Waals surface area contributed by atoms with Crippen LogP contribution in [-0.2, 0) is 19.1 Å². The lowest BCUT2D eigenvalue weighted by Gasteiger charge is -2.07. The molecule has 9 nitrogen and oxygen atoms in total.